The number of nitrogens with one attached hydrogen (secondary N) is 1. The van der Waals surface area contributed by atoms with Gasteiger partial charge in [-0.2, -0.15) is 10.2 Å². The molecule has 11 heteroatoms. The summed E-state index contributed by atoms with van der Waals surface area (Å²) < 4.78 is 1.67. The molecule has 200 valence electrons. The van der Waals surface area contributed by atoms with E-state index in [1.165, 1.54) is 12.1 Å². The summed E-state index contributed by atoms with van der Waals surface area (Å²) in [4.78, 5) is 51.1. The van der Waals surface area contributed by atoms with Crippen LogP contribution in [0.4, 0.5) is 17.3 Å². The Bertz CT molecular complexity index is 1480. The summed E-state index contributed by atoms with van der Waals surface area (Å²) in [5.41, 5.74) is 2.31. The maximum atomic E-state index is 12.7. The first kappa shape index (κ1) is 25.9. The largest absolute Gasteiger partial charge is 0.368 e. The first-order chi connectivity index (χ1) is 18.9. The highest BCUT2D eigenvalue weighted by Gasteiger charge is 2.29. The fraction of sp³-hybridized carbons (Fsp3) is 0.357. The van der Waals surface area contributed by atoms with Crippen molar-refractivity contribution in [2.75, 3.05) is 49.5 Å². The molecule has 0 radical (unpaired) electrons. The molecule has 11 nitrogen and oxygen atoms in total. The summed E-state index contributed by atoms with van der Waals surface area (Å²) in [6.45, 7) is 8.00. The van der Waals surface area contributed by atoms with E-state index in [0.717, 1.165) is 23.2 Å². The van der Waals surface area contributed by atoms with E-state index in [9.17, 15) is 14.4 Å². The standard InChI is InChI=1S/C28H30N8O3/c1-2-24(37)35-18-20(19-35)10-12-36-26(39)8-3-21-17-30-28(32-27(21)36)31-22-4-6-23(7-5-22)33-13-15-34(16-14-33)25(38)9-11-29/h2-8,17,20H,1,9-10,12-16,18-19H2,(H,30,31,32). The number of likely N-dealkylation sites (tertiary alicyclic amines) is 1. The predicted molar refractivity (Wildman–Crippen MR) is 147 cm³/mol. The maximum Gasteiger partial charge on any atom is 0.252 e. The van der Waals surface area contributed by atoms with E-state index >= 15 is 0 Å². The smallest absolute Gasteiger partial charge is 0.252 e. The second kappa shape index (κ2) is 11.3. The zero-order valence-corrected chi connectivity index (χ0v) is 21.6. The number of anilines is 3. The number of carbonyl (C=O) groups excluding carboxylic acids is 2. The summed E-state index contributed by atoms with van der Waals surface area (Å²) in [5.74, 6) is 0.559. The third-order valence-corrected chi connectivity index (χ3v) is 7.28. The number of fused-ring (bicyclic) bond motifs is 1. The van der Waals surface area contributed by atoms with E-state index in [1.54, 1.807) is 26.6 Å². The fourth-order valence-electron chi connectivity index (χ4n) is 5.00. The van der Waals surface area contributed by atoms with Gasteiger partial charge in [0, 0.05) is 74.8 Å². The summed E-state index contributed by atoms with van der Waals surface area (Å²) in [6.07, 6.45) is 3.73. The number of hydrogen-bond donors (Lipinski definition) is 1. The van der Waals surface area contributed by atoms with Crippen molar-refractivity contribution in [3.63, 3.8) is 0 Å². The van der Waals surface area contributed by atoms with Gasteiger partial charge in [-0.1, -0.05) is 6.58 Å². The van der Waals surface area contributed by atoms with E-state index in [1.807, 2.05) is 30.3 Å². The molecule has 3 aromatic rings. The molecule has 2 amide bonds. The Morgan fingerprint density at radius 2 is 1.82 bits per heavy atom. The molecule has 0 aliphatic carbocycles. The Labute approximate surface area is 226 Å². The number of nitriles is 1. The highest BCUT2D eigenvalue weighted by atomic mass is 16.2. The molecule has 0 unspecified atom stereocenters. The minimum Gasteiger partial charge on any atom is -0.368 e. The van der Waals surface area contributed by atoms with Crippen LogP contribution in [0.2, 0.25) is 0 Å². The predicted octanol–water partition coefficient (Wildman–Crippen LogP) is 2.13. The lowest BCUT2D eigenvalue weighted by Crippen LogP contribution is -2.49. The molecule has 2 aliphatic rings. The molecule has 0 atom stereocenters. The average Bonchev–Trinajstić information content (AvgIpc) is 2.93. The average molecular weight is 527 g/mol. The van der Waals surface area contributed by atoms with E-state index < -0.39 is 0 Å². The van der Waals surface area contributed by atoms with Gasteiger partial charge < -0.3 is 20.0 Å². The van der Waals surface area contributed by atoms with E-state index in [-0.39, 0.29) is 23.8 Å². The number of aryl methyl sites for hydroxylation is 1. The van der Waals surface area contributed by atoms with Gasteiger partial charge in [0.1, 0.15) is 12.1 Å². The topological polar surface area (TPSA) is 127 Å². The minimum atomic E-state index is -0.121. The van der Waals surface area contributed by atoms with Gasteiger partial charge in [-0.25, -0.2) is 4.98 Å². The molecule has 2 saturated heterocycles. The number of carbonyl (C=O) groups is 2. The number of piperazine rings is 1. The monoisotopic (exact) mass is 526 g/mol. The van der Waals surface area contributed by atoms with Gasteiger partial charge >= 0.3 is 0 Å². The van der Waals surface area contributed by atoms with Crippen LogP contribution in [-0.4, -0.2) is 75.4 Å². The zero-order valence-electron chi connectivity index (χ0n) is 21.6. The van der Waals surface area contributed by atoms with Crippen LogP contribution in [0.5, 0.6) is 0 Å². The van der Waals surface area contributed by atoms with Crippen LogP contribution < -0.4 is 15.8 Å². The Hall–Kier alpha value is -4.72. The van der Waals surface area contributed by atoms with Gasteiger partial charge in [-0.15, -0.1) is 0 Å². The Morgan fingerprint density at radius 1 is 1.08 bits per heavy atom. The van der Waals surface area contributed by atoms with Crippen molar-refractivity contribution in [2.45, 2.75) is 19.4 Å². The van der Waals surface area contributed by atoms with Crippen molar-refractivity contribution in [1.29, 1.82) is 5.26 Å². The molecule has 1 N–H and O–H groups in total. The van der Waals surface area contributed by atoms with Gasteiger partial charge in [0.25, 0.3) is 5.56 Å². The lowest BCUT2D eigenvalue weighted by Gasteiger charge is -2.38. The van der Waals surface area contributed by atoms with Crippen molar-refractivity contribution >= 4 is 40.2 Å². The third-order valence-electron chi connectivity index (χ3n) is 7.28. The number of aromatic nitrogens is 3. The van der Waals surface area contributed by atoms with Crippen molar-refractivity contribution in [3.05, 3.63) is 65.6 Å². The Kier molecular flexibility index (Phi) is 7.54. The quantitative estimate of drug-likeness (QED) is 0.442. The molecule has 4 heterocycles. The molecule has 2 aromatic heterocycles. The number of benzene rings is 1. The summed E-state index contributed by atoms with van der Waals surface area (Å²) in [6, 6.07) is 13.1. The van der Waals surface area contributed by atoms with Crippen molar-refractivity contribution in [2.24, 2.45) is 5.92 Å². The summed E-state index contributed by atoms with van der Waals surface area (Å²) >= 11 is 0. The lowest BCUT2D eigenvalue weighted by atomic mass is 9.96. The second-order valence-electron chi connectivity index (χ2n) is 9.77. The van der Waals surface area contributed by atoms with E-state index in [0.29, 0.717) is 63.3 Å². The summed E-state index contributed by atoms with van der Waals surface area (Å²) in [7, 11) is 0. The van der Waals surface area contributed by atoms with Crippen LogP contribution >= 0.6 is 0 Å². The summed E-state index contributed by atoms with van der Waals surface area (Å²) in [5, 5.41) is 12.7. The Balaban J connectivity index is 1.23. The molecule has 0 spiro atoms. The van der Waals surface area contributed by atoms with Crippen LogP contribution in [0.25, 0.3) is 11.0 Å². The maximum absolute atomic E-state index is 12.7. The molecule has 0 saturated carbocycles. The molecular formula is C28H30N8O3. The highest BCUT2D eigenvalue weighted by molar-refractivity contribution is 5.87. The van der Waals surface area contributed by atoms with Crippen LogP contribution in [-0.2, 0) is 16.1 Å². The Morgan fingerprint density at radius 3 is 2.51 bits per heavy atom. The molecular weight excluding hydrogens is 496 g/mol. The van der Waals surface area contributed by atoms with Gasteiger partial charge in [-0.05, 0) is 48.7 Å². The molecule has 0 bridgehead atoms. The first-order valence-electron chi connectivity index (χ1n) is 13.0. The van der Waals surface area contributed by atoms with Gasteiger partial charge in [0.05, 0.1) is 6.07 Å². The number of nitrogens with zero attached hydrogens (tertiary/aromatic N) is 7. The minimum absolute atomic E-state index is 0.0591. The number of hydrogen-bond acceptors (Lipinski definition) is 8. The van der Waals surface area contributed by atoms with E-state index in [4.69, 9.17) is 5.26 Å². The lowest BCUT2D eigenvalue weighted by molar-refractivity contribution is -0.132. The van der Waals surface area contributed by atoms with Crippen LogP contribution in [0, 0.1) is 17.2 Å². The van der Waals surface area contributed by atoms with Crippen LogP contribution in [0.15, 0.2) is 60.0 Å². The highest BCUT2D eigenvalue weighted by Crippen LogP contribution is 2.23. The second-order valence-corrected chi connectivity index (χ2v) is 9.77. The molecule has 1 aromatic carbocycles. The molecule has 5 rings (SSSR count). The number of amides is 2. The van der Waals surface area contributed by atoms with Gasteiger partial charge in [0.15, 0.2) is 0 Å². The van der Waals surface area contributed by atoms with Crippen molar-refractivity contribution in [1.82, 2.24) is 24.3 Å². The molecule has 39 heavy (non-hydrogen) atoms. The molecule has 2 fully saturated rings. The van der Waals surface area contributed by atoms with Crippen molar-refractivity contribution in [3.8, 4) is 6.07 Å². The van der Waals surface area contributed by atoms with E-state index in [2.05, 4.69) is 26.8 Å². The van der Waals surface area contributed by atoms with Gasteiger partial charge in [-0.3, -0.25) is 19.0 Å². The van der Waals surface area contributed by atoms with Crippen molar-refractivity contribution < 1.29 is 9.59 Å². The fourth-order valence-corrected chi connectivity index (χ4v) is 5.00. The van der Waals surface area contributed by atoms with Gasteiger partial charge in [0.2, 0.25) is 17.8 Å². The molecule has 2 aliphatic heterocycles. The normalized spacial score (nSPS) is 15.5. The first-order valence-corrected chi connectivity index (χ1v) is 13.0. The SMILES string of the molecule is C=CC(=O)N1CC(CCn2c(=O)ccc3cnc(Nc4ccc(N5CCN(C(=O)CC#N)CC5)cc4)nc32)C1. The van der Waals surface area contributed by atoms with Crippen LogP contribution in [0.3, 0.4) is 0 Å². The number of pyridine rings is 1. The number of rotatable bonds is 8. The van der Waals surface area contributed by atoms with Crippen LogP contribution in [0.1, 0.15) is 12.8 Å². The zero-order chi connectivity index (χ0) is 27.4. The third kappa shape index (κ3) is 5.75.